The number of nitrogens with one attached hydrogen (secondary N) is 2. The van der Waals surface area contributed by atoms with E-state index >= 15 is 0 Å². The highest BCUT2D eigenvalue weighted by Crippen LogP contribution is 2.28. The Balaban J connectivity index is 1.60. The van der Waals surface area contributed by atoms with Crippen molar-refractivity contribution in [3.63, 3.8) is 0 Å². The van der Waals surface area contributed by atoms with Crippen LogP contribution in [0.4, 0.5) is 5.82 Å². The number of nitrogens with two attached hydrogens (primary N) is 1. The molecule has 212 valence electrons. The minimum Gasteiger partial charge on any atom is -0.497 e. The fourth-order valence-electron chi connectivity index (χ4n) is 4.42. The zero-order valence-corrected chi connectivity index (χ0v) is 23.0. The number of hydrogen-bond acceptors (Lipinski definition) is 7. The van der Waals surface area contributed by atoms with Crippen molar-refractivity contribution in [3.8, 4) is 11.5 Å². The molecule has 4 rings (SSSR count). The maximum absolute atomic E-state index is 13.9. The van der Waals surface area contributed by atoms with E-state index in [0.29, 0.717) is 17.3 Å². The Morgan fingerprint density at radius 2 is 1.32 bits per heavy atom. The van der Waals surface area contributed by atoms with E-state index < -0.39 is 12.0 Å². The highest BCUT2D eigenvalue weighted by Gasteiger charge is 2.28. The van der Waals surface area contributed by atoms with Crippen LogP contribution in [0, 0.1) is 0 Å². The van der Waals surface area contributed by atoms with Crippen LogP contribution >= 0.6 is 0 Å². The molecule has 1 unspecified atom stereocenters. The summed E-state index contributed by atoms with van der Waals surface area (Å²) in [6.07, 6.45) is 1.81. The van der Waals surface area contributed by atoms with Gasteiger partial charge in [-0.15, -0.1) is 0 Å². The third kappa shape index (κ3) is 7.83. The van der Waals surface area contributed by atoms with Gasteiger partial charge in [-0.05, 0) is 58.1 Å². The first-order valence-electron chi connectivity index (χ1n) is 13.1. The van der Waals surface area contributed by atoms with Crippen LogP contribution in [0.5, 0.6) is 11.5 Å². The van der Waals surface area contributed by atoms with Gasteiger partial charge in [-0.2, -0.15) is 0 Å². The van der Waals surface area contributed by atoms with Gasteiger partial charge in [0.15, 0.2) is 0 Å². The minimum atomic E-state index is -0.886. The number of rotatable bonds is 12. The van der Waals surface area contributed by atoms with Crippen molar-refractivity contribution in [2.45, 2.75) is 31.5 Å². The SMILES string of the molecule is COc1ccc(C(C(=O)NC(Cc2ccc(N)nc2)C(=O)NCc2ccc(CO)cc2)c2ccc(OC)cc2)cc1. The van der Waals surface area contributed by atoms with Crippen molar-refractivity contribution in [2.75, 3.05) is 20.0 Å². The van der Waals surface area contributed by atoms with Gasteiger partial charge in [-0.1, -0.05) is 54.6 Å². The van der Waals surface area contributed by atoms with Gasteiger partial charge in [0, 0.05) is 19.2 Å². The first kappa shape index (κ1) is 29.1. The quantitative estimate of drug-likeness (QED) is 0.211. The predicted molar refractivity (Wildman–Crippen MR) is 156 cm³/mol. The third-order valence-corrected chi connectivity index (χ3v) is 6.75. The van der Waals surface area contributed by atoms with E-state index in [1.54, 1.807) is 68.9 Å². The maximum atomic E-state index is 13.9. The Bertz CT molecular complexity index is 1380. The fourth-order valence-corrected chi connectivity index (χ4v) is 4.42. The molecule has 41 heavy (non-hydrogen) atoms. The van der Waals surface area contributed by atoms with Crippen LogP contribution in [0.25, 0.3) is 0 Å². The smallest absolute Gasteiger partial charge is 0.243 e. The Kier molecular flexibility index (Phi) is 9.90. The number of nitrogens with zero attached hydrogens (tertiary/aromatic N) is 1. The number of pyridine rings is 1. The fraction of sp³-hybridized carbons (Fsp3) is 0.219. The Morgan fingerprint density at radius 1 is 0.780 bits per heavy atom. The van der Waals surface area contributed by atoms with Crippen LogP contribution in [-0.4, -0.2) is 42.2 Å². The monoisotopic (exact) mass is 554 g/mol. The molecule has 1 aromatic heterocycles. The Hall–Kier alpha value is -4.89. The molecule has 0 radical (unpaired) electrons. The summed E-state index contributed by atoms with van der Waals surface area (Å²) in [7, 11) is 3.16. The molecule has 1 atom stereocenters. The molecule has 9 heteroatoms. The molecule has 0 bridgehead atoms. The Labute approximate surface area is 239 Å². The largest absolute Gasteiger partial charge is 0.497 e. The zero-order chi connectivity index (χ0) is 29.2. The van der Waals surface area contributed by atoms with Crippen molar-refractivity contribution >= 4 is 17.6 Å². The van der Waals surface area contributed by atoms with E-state index in [4.69, 9.17) is 15.2 Å². The van der Waals surface area contributed by atoms with E-state index in [-0.39, 0.29) is 31.4 Å². The molecule has 0 spiro atoms. The summed E-state index contributed by atoms with van der Waals surface area (Å²) < 4.78 is 10.6. The molecule has 2 amide bonds. The molecule has 0 aliphatic rings. The molecule has 0 aliphatic heterocycles. The Morgan fingerprint density at radius 3 is 1.80 bits per heavy atom. The van der Waals surface area contributed by atoms with Gasteiger partial charge in [0.25, 0.3) is 0 Å². The van der Waals surface area contributed by atoms with E-state index in [1.807, 2.05) is 36.4 Å². The third-order valence-electron chi connectivity index (χ3n) is 6.75. The molecule has 0 saturated carbocycles. The molecule has 0 saturated heterocycles. The number of amides is 2. The molecule has 5 N–H and O–H groups in total. The van der Waals surface area contributed by atoms with Crippen LogP contribution in [0.3, 0.4) is 0 Å². The lowest BCUT2D eigenvalue weighted by Crippen LogP contribution is -2.49. The van der Waals surface area contributed by atoms with Gasteiger partial charge in [-0.3, -0.25) is 9.59 Å². The summed E-state index contributed by atoms with van der Waals surface area (Å²) in [5, 5.41) is 15.2. The molecular formula is C32H34N4O5. The summed E-state index contributed by atoms with van der Waals surface area (Å²) in [4.78, 5) is 31.5. The number of hydrogen-bond donors (Lipinski definition) is 4. The number of nitrogen functional groups attached to an aromatic ring is 1. The van der Waals surface area contributed by atoms with Gasteiger partial charge in [0.1, 0.15) is 23.4 Å². The van der Waals surface area contributed by atoms with Crippen molar-refractivity contribution in [3.05, 3.63) is 119 Å². The number of ether oxygens (including phenoxy) is 2. The van der Waals surface area contributed by atoms with E-state index in [0.717, 1.165) is 27.8 Å². The van der Waals surface area contributed by atoms with Crippen LogP contribution in [-0.2, 0) is 29.2 Å². The van der Waals surface area contributed by atoms with Gasteiger partial charge in [0.05, 0.1) is 26.7 Å². The second-order valence-corrected chi connectivity index (χ2v) is 9.53. The average molecular weight is 555 g/mol. The van der Waals surface area contributed by atoms with Crippen molar-refractivity contribution < 1.29 is 24.2 Å². The van der Waals surface area contributed by atoms with Crippen LogP contribution < -0.4 is 25.8 Å². The summed E-state index contributed by atoms with van der Waals surface area (Å²) in [6.45, 7) is 0.206. The second-order valence-electron chi connectivity index (χ2n) is 9.53. The van der Waals surface area contributed by atoms with Gasteiger partial charge >= 0.3 is 0 Å². The summed E-state index contributed by atoms with van der Waals surface area (Å²) in [6, 6.07) is 24.4. The highest BCUT2D eigenvalue weighted by atomic mass is 16.5. The normalized spacial score (nSPS) is 11.5. The topological polar surface area (TPSA) is 136 Å². The number of carbonyl (C=O) groups is 2. The van der Waals surface area contributed by atoms with Crippen LogP contribution in [0.1, 0.15) is 33.7 Å². The number of methoxy groups -OCH3 is 2. The lowest BCUT2D eigenvalue weighted by molar-refractivity contribution is -0.129. The van der Waals surface area contributed by atoms with Crippen LogP contribution in [0.2, 0.25) is 0 Å². The lowest BCUT2D eigenvalue weighted by Gasteiger charge is -2.23. The van der Waals surface area contributed by atoms with E-state index in [9.17, 15) is 14.7 Å². The second kappa shape index (κ2) is 14.0. The number of anilines is 1. The number of carbonyl (C=O) groups excluding carboxylic acids is 2. The predicted octanol–water partition coefficient (Wildman–Crippen LogP) is 3.35. The van der Waals surface area contributed by atoms with Gasteiger partial charge in [-0.25, -0.2) is 4.98 Å². The highest BCUT2D eigenvalue weighted by molar-refractivity contribution is 5.92. The number of benzene rings is 3. The van der Waals surface area contributed by atoms with Crippen molar-refractivity contribution in [1.29, 1.82) is 0 Å². The number of aliphatic hydroxyl groups excluding tert-OH is 1. The van der Waals surface area contributed by atoms with E-state index in [2.05, 4.69) is 15.6 Å². The molecule has 4 aromatic rings. The summed E-state index contributed by atoms with van der Waals surface area (Å²) in [5.74, 6) is 0.327. The van der Waals surface area contributed by atoms with Gasteiger partial charge < -0.3 is 30.9 Å². The van der Waals surface area contributed by atoms with Crippen molar-refractivity contribution in [2.24, 2.45) is 0 Å². The molecule has 3 aromatic carbocycles. The maximum Gasteiger partial charge on any atom is 0.243 e. The number of aliphatic hydroxyl groups is 1. The molecular weight excluding hydrogens is 520 g/mol. The molecule has 0 aliphatic carbocycles. The summed E-state index contributed by atoms with van der Waals surface area (Å²) >= 11 is 0. The van der Waals surface area contributed by atoms with Crippen LogP contribution in [0.15, 0.2) is 91.1 Å². The van der Waals surface area contributed by atoms with Gasteiger partial charge in [0.2, 0.25) is 11.8 Å². The number of aromatic nitrogens is 1. The first-order valence-corrected chi connectivity index (χ1v) is 13.1. The standard InChI is InChI=1S/C32H34N4O5/c1-40-26-12-8-24(9-13-26)30(25-10-14-27(41-2)15-11-25)32(39)36-28(17-23-7-16-29(33)34-19-23)31(38)35-18-21-3-5-22(20-37)6-4-21/h3-16,19,28,30,37H,17-18,20H2,1-2H3,(H2,33,34)(H,35,38)(H,36,39). The lowest BCUT2D eigenvalue weighted by atomic mass is 9.89. The zero-order valence-electron chi connectivity index (χ0n) is 23.0. The first-order chi connectivity index (χ1) is 19.9. The molecule has 9 nitrogen and oxygen atoms in total. The average Bonchev–Trinajstić information content (AvgIpc) is 3.01. The molecule has 1 heterocycles. The summed E-state index contributed by atoms with van der Waals surface area (Å²) in [5.41, 5.74) is 9.62. The minimum absolute atomic E-state index is 0.0556. The molecule has 0 fully saturated rings. The van der Waals surface area contributed by atoms with E-state index in [1.165, 1.54) is 0 Å². The van der Waals surface area contributed by atoms with Crippen molar-refractivity contribution in [1.82, 2.24) is 15.6 Å².